The van der Waals surface area contributed by atoms with Gasteiger partial charge in [0.2, 0.25) is 0 Å². The SMILES string of the molecule is O=C(CC(CSOO[O-])C(=O)OCC(F)(F)C(F)(F)C(F)(F)C(F)(F)C(F)(F)C(F)F)OCC(F)(F)C(F)F.[Na+]. The average Bonchev–Trinajstić information content (AvgIpc) is 2.80. The van der Waals surface area contributed by atoms with E-state index in [-0.39, 0.29) is 41.6 Å². The molecule has 1 unspecified atom stereocenters. The Morgan fingerprint density at radius 2 is 1.23 bits per heavy atom. The Labute approximate surface area is 237 Å². The third-order valence-corrected chi connectivity index (χ3v) is 4.86. The Morgan fingerprint density at radius 3 is 1.65 bits per heavy atom. The average molecular weight is 662 g/mol. The van der Waals surface area contributed by atoms with Crippen LogP contribution in [0.3, 0.4) is 0 Å². The Hall–Kier alpha value is -0.950. The van der Waals surface area contributed by atoms with Gasteiger partial charge in [-0.2, -0.15) is 57.0 Å². The minimum Gasteiger partial charge on any atom is -0.691 e. The zero-order valence-electron chi connectivity index (χ0n) is 18.9. The zero-order valence-corrected chi connectivity index (χ0v) is 21.7. The van der Waals surface area contributed by atoms with Gasteiger partial charge in [-0.1, -0.05) is 0 Å². The van der Waals surface area contributed by atoms with E-state index in [4.69, 9.17) is 0 Å². The molecule has 0 radical (unpaired) electrons. The summed E-state index contributed by atoms with van der Waals surface area (Å²) in [6.45, 7) is -5.70. The molecule has 0 aromatic rings. The van der Waals surface area contributed by atoms with Crippen LogP contribution in [0.5, 0.6) is 0 Å². The van der Waals surface area contributed by atoms with E-state index in [0.29, 0.717) is 0 Å². The maximum Gasteiger partial charge on any atom is 1.00 e. The molecular formula is C15H11F16NaO7S. The second-order valence-electron chi connectivity index (χ2n) is 7.00. The molecule has 0 aliphatic heterocycles. The molecule has 1 atom stereocenters. The quantitative estimate of drug-likeness (QED) is 0.0438. The van der Waals surface area contributed by atoms with Crippen LogP contribution in [0, 0.1) is 5.92 Å². The molecular weight excluding hydrogens is 651 g/mol. The van der Waals surface area contributed by atoms with Crippen molar-refractivity contribution >= 4 is 24.0 Å². The van der Waals surface area contributed by atoms with Gasteiger partial charge in [0.15, 0.2) is 13.2 Å². The number of rotatable bonds is 17. The maximum atomic E-state index is 13.7. The second kappa shape index (κ2) is 15.0. The van der Waals surface area contributed by atoms with E-state index in [0.717, 1.165) is 0 Å². The molecule has 0 spiro atoms. The molecule has 232 valence electrons. The molecule has 0 aliphatic carbocycles. The molecule has 0 amide bonds. The third-order valence-electron chi connectivity index (χ3n) is 4.17. The van der Waals surface area contributed by atoms with Crippen molar-refractivity contribution in [3.05, 3.63) is 0 Å². The predicted octanol–water partition coefficient (Wildman–Crippen LogP) is 1.30. The van der Waals surface area contributed by atoms with Crippen molar-refractivity contribution in [3.63, 3.8) is 0 Å². The Morgan fingerprint density at radius 1 is 0.725 bits per heavy atom. The number of hydrogen-bond acceptors (Lipinski definition) is 8. The first-order chi connectivity index (χ1) is 17.3. The largest absolute Gasteiger partial charge is 1.00 e. The van der Waals surface area contributed by atoms with Gasteiger partial charge in [-0.3, -0.25) is 14.6 Å². The van der Waals surface area contributed by atoms with Crippen LogP contribution in [-0.2, 0) is 28.4 Å². The molecule has 0 N–H and O–H groups in total. The fourth-order valence-corrected chi connectivity index (χ4v) is 2.50. The topological polar surface area (TPSA) is 94.1 Å². The van der Waals surface area contributed by atoms with E-state index in [1.807, 2.05) is 0 Å². The van der Waals surface area contributed by atoms with E-state index in [2.05, 4.69) is 18.8 Å². The predicted molar refractivity (Wildman–Crippen MR) is 86.3 cm³/mol. The standard InChI is InChI=1S/C15H12F16O7S.Na/c16-8(17)10(20,21)3-35-6(32)1-5(2-39-38-37-34)7(33)36-4-11(22,23)13(26,27)15(30,31)14(28,29)12(24,25)9(18)19;/h5,8-9,34H,1-4H2;/q;+1/p-1. The number of esters is 2. The van der Waals surface area contributed by atoms with Crippen LogP contribution in [0.4, 0.5) is 70.2 Å². The normalized spacial score (nSPS) is 14.7. The fraction of sp³-hybridized carbons (Fsp3) is 0.867. The van der Waals surface area contributed by atoms with Crippen LogP contribution in [-0.4, -0.2) is 79.3 Å². The Balaban J connectivity index is 0. The summed E-state index contributed by atoms with van der Waals surface area (Å²) in [6, 6.07) is 0. The van der Waals surface area contributed by atoms with E-state index in [1.165, 1.54) is 0 Å². The van der Waals surface area contributed by atoms with Gasteiger partial charge in [0.05, 0.1) is 12.3 Å². The molecule has 0 aliphatic rings. The van der Waals surface area contributed by atoms with Crippen LogP contribution in [0.2, 0.25) is 0 Å². The summed E-state index contributed by atoms with van der Waals surface area (Å²) >= 11 is -0.309. The van der Waals surface area contributed by atoms with Crippen molar-refractivity contribution in [3.8, 4) is 0 Å². The maximum absolute atomic E-state index is 13.7. The van der Waals surface area contributed by atoms with Crippen LogP contribution >= 0.6 is 12.0 Å². The molecule has 0 aromatic carbocycles. The number of ether oxygens (including phenoxy) is 2. The van der Waals surface area contributed by atoms with Gasteiger partial charge in [0.25, 0.3) is 0 Å². The monoisotopic (exact) mass is 662 g/mol. The molecule has 0 aromatic heterocycles. The second-order valence-corrected chi connectivity index (χ2v) is 7.71. The Bertz CT molecular complexity index is 832. The summed E-state index contributed by atoms with van der Waals surface area (Å²) in [5.74, 6) is -50.3. The number of halogens is 16. The molecule has 0 fully saturated rings. The third kappa shape index (κ3) is 9.28. The van der Waals surface area contributed by atoms with Crippen LogP contribution in [0.15, 0.2) is 0 Å². The first-order valence-corrected chi connectivity index (χ1v) is 9.98. The summed E-state index contributed by atoms with van der Waals surface area (Å²) < 4.78 is 218. The molecule has 25 heteroatoms. The van der Waals surface area contributed by atoms with Gasteiger partial charge >= 0.3 is 89.9 Å². The summed E-state index contributed by atoms with van der Waals surface area (Å²) in [5, 5.41) is 12.5. The van der Waals surface area contributed by atoms with Gasteiger partial charge in [0.1, 0.15) is 0 Å². The van der Waals surface area contributed by atoms with Crippen molar-refractivity contribution in [2.24, 2.45) is 5.92 Å². The van der Waals surface area contributed by atoms with E-state index >= 15 is 0 Å². The molecule has 0 bridgehead atoms. The number of alkyl halides is 16. The van der Waals surface area contributed by atoms with Crippen molar-refractivity contribution in [2.75, 3.05) is 19.0 Å². The van der Waals surface area contributed by atoms with Gasteiger partial charge in [-0.15, -0.1) is 0 Å². The van der Waals surface area contributed by atoms with Crippen molar-refractivity contribution in [2.45, 2.75) is 54.8 Å². The van der Waals surface area contributed by atoms with E-state index in [1.54, 1.807) is 0 Å². The van der Waals surface area contributed by atoms with Crippen molar-refractivity contribution in [1.29, 1.82) is 0 Å². The minimum atomic E-state index is -7.93. The molecule has 0 saturated heterocycles. The molecule has 0 rings (SSSR count). The molecule has 40 heavy (non-hydrogen) atoms. The van der Waals surface area contributed by atoms with Crippen molar-refractivity contribution in [1.82, 2.24) is 0 Å². The minimum absolute atomic E-state index is 0. The number of hydrogen-bond donors (Lipinski definition) is 0. The Kier molecular flexibility index (Phi) is 15.4. The smallest absolute Gasteiger partial charge is 0.691 e. The molecule has 0 heterocycles. The van der Waals surface area contributed by atoms with Crippen LogP contribution < -0.4 is 34.8 Å². The van der Waals surface area contributed by atoms with Crippen LogP contribution in [0.1, 0.15) is 6.42 Å². The summed E-state index contributed by atoms with van der Waals surface area (Å²) in [5.41, 5.74) is 0. The molecule has 0 saturated carbocycles. The summed E-state index contributed by atoms with van der Waals surface area (Å²) in [7, 11) is 0. The number of carbonyl (C=O) groups excluding carboxylic acids is 2. The van der Waals surface area contributed by atoms with Gasteiger partial charge < -0.3 is 14.7 Å². The van der Waals surface area contributed by atoms with Crippen molar-refractivity contribution < 1.29 is 133 Å². The molecule has 7 nitrogen and oxygen atoms in total. The van der Waals surface area contributed by atoms with E-state index in [9.17, 15) is 85.1 Å². The zero-order chi connectivity index (χ0) is 31.3. The fourth-order valence-electron chi connectivity index (χ4n) is 1.98. The van der Waals surface area contributed by atoms with E-state index < -0.39 is 91.6 Å². The van der Waals surface area contributed by atoms with Crippen LogP contribution in [0.25, 0.3) is 0 Å². The van der Waals surface area contributed by atoms with Gasteiger partial charge in [0, 0.05) is 17.8 Å². The van der Waals surface area contributed by atoms with Gasteiger partial charge in [-0.25, -0.2) is 17.6 Å². The van der Waals surface area contributed by atoms with Gasteiger partial charge in [-0.05, 0) is 0 Å². The summed E-state index contributed by atoms with van der Waals surface area (Å²) in [4.78, 5) is 23.3. The first-order valence-electron chi connectivity index (χ1n) is 9.07. The summed E-state index contributed by atoms with van der Waals surface area (Å²) in [6.07, 6.45) is -11.8. The number of carbonyl (C=O) groups is 2. The first kappa shape index (κ1) is 41.2.